The maximum Gasteiger partial charge on any atom is 0.270 e. The van der Waals surface area contributed by atoms with Crippen LogP contribution in [-0.2, 0) is 0 Å². The van der Waals surface area contributed by atoms with Crippen LogP contribution in [0.2, 0.25) is 0 Å². The summed E-state index contributed by atoms with van der Waals surface area (Å²) >= 11 is 0. The SMILES string of the molecule is Cc1cc([N+](=O)[O-])cc(C=O)c1[O-]. The summed E-state index contributed by atoms with van der Waals surface area (Å²) in [6, 6.07) is 2.12. The fourth-order valence-corrected chi connectivity index (χ4v) is 0.975. The zero-order valence-electron chi connectivity index (χ0n) is 6.81. The number of aldehydes is 1. The van der Waals surface area contributed by atoms with Gasteiger partial charge in [-0.3, -0.25) is 14.9 Å². The van der Waals surface area contributed by atoms with Gasteiger partial charge < -0.3 is 5.11 Å². The zero-order chi connectivity index (χ0) is 10.0. The molecule has 5 heteroatoms. The number of benzene rings is 1. The molecule has 0 spiro atoms. The molecule has 0 aromatic heterocycles. The van der Waals surface area contributed by atoms with Crippen LogP contribution in [0.5, 0.6) is 5.75 Å². The highest BCUT2D eigenvalue weighted by atomic mass is 16.6. The smallest absolute Gasteiger partial charge is 0.270 e. The zero-order valence-corrected chi connectivity index (χ0v) is 6.81. The molecule has 0 N–H and O–H groups in total. The predicted molar refractivity (Wildman–Crippen MR) is 42.7 cm³/mol. The van der Waals surface area contributed by atoms with Crippen molar-refractivity contribution in [1.29, 1.82) is 0 Å². The van der Waals surface area contributed by atoms with Gasteiger partial charge in [0.2, 0.25) is 0 Å². The van der Waals surface area contributed by atoms with Crippen molar-refractivity contribution in [2.45, 2.75) is 6.92 Å². The number of non-ortho nitro benzene ring substituents is 1. The Labute approximate surface area is 73.8 Å². The molecular weight excluding hydrogens is 174 g/mol. The maximum absolute atomic E-state index is 11.1. The molecule has 0 radical (unpaired) electrons. The lowest BCUT2D eigenvalue weighted by Gasteiger charge is -2.11. The minimum Gasteiger partial charge on any atom is -0.872 e. The van der Waals surface area contributed by atoms with Crippen LogP contribution in [0.15, 0.2) is 12.1 Å². The number of rotatable bonds is 2. The Bertz CT molecular complexity index is 373. The van der Waals surface area contributed by atoms with E-state index in [0.717, 1.165) is 12.1 Å². The van der Waals surface area contributed by atoms with E-state index in [1.807, 2.05) is 0 Å². The number of hydrogen-bond donors (Lipinski definition) is 0. The summed E-state index contributed by atoms with van der Waals surface area (Å²) in [5.41, 5.74) is -0.206. The summed E-state index contributed by atoms with van der Waals surface area (Å²) in [6.07, 6.45) is 0.322. The van der Waals surface area contributed by atoms with Gasteiger partial charge in [-0.2, -0.15) is 0 Å². The number of carbonyl (C=O) groups is 1. The minimum absolute atomic E-state index is 0.174. The fraction of sp³-hybridized carbons (Fsp3) is 0.125. The molecule has 1 aromatic carbocycles. The largest absolute Gasteiger partial charge is 0.872 e. The third-order valence-electron chi connectivity index (χ3n) is 1.63. The van der Waals surface area contributed by atoms with Crippen LogP contribution in [0, 0.1) is 17.0 Å². The Hall–Kier alpha value is -1.91. The molecule has 13 heavy (non-hydrogen) atoms. The van der Waals surface area contributed by atoms with Crippen LogP contribution in [0.1, 0.15) is 15.9 Å². The number of nitrogens with zero attached hydrogens (tertiary/aromatic N) is 1. The molecule has 0 atom stereocenters. The van der Waals surface area contributed by atoms with Gasteiger partial charge in [-0.15, -0.1) is 0 Å². The molecule has 5 nitrogen and oxygen atoms in total. The van der Waals surface area contributed by atoms with Crippen LogP contribution in [0.4, 0.5) is 5.69 Å². The molecule has 1 rings (SSSR count). The average Bonchev–Trinajstić information content (AvgIpc) is 2.09. The molecule has 0 unspecified atom stereocenters. The molecule has 0 aliphatic heterocycles. The first-order valence-electron chi connectivity index (χ1n) is 3.47. The van der Waals surface area contributed by atoms with Gasteiger partial charge in [0, 0.05) is 17.7 Å². The molecule has 1 aromatic rings. The van der Waals surface area contributed by atoms with E-state index in [4.69, 9.17) is 0 Å². The minimum atomic E-state index is -0.639. The van der Waals surface area contributed by atoms with Crippen LogP contribution in [-0.4, -0.2) is 11.2 Å². The van der Waals surface area contributed by atoms with E-state index in [0.29, 0.717) is 6.29 Å². The number of aryl methyl sites for hydroxylation is 1. The molecule has 0 aliphatic carbocycles. The van der Waals surface area contributed by atoms with E-state index < -0.39 is 10.7 Å². The summed E-state index contributed by atoms with van der Waals surface area (Å²) < 4.78 is 0. The van der Waals surface area contributed by atoms with Crippen molar-refractivity contribution in [3.05, 3.63) is 33.4 Å². The first kappa shape index (κ1) is 9.18. The van der Waals surface area contributed by atoms with Crippen molar-refractivity contribution in [1.82, 2.24) is 0 Å². The van der Waals surface area contributed by atoms with Crippen molar-refractivity contribution in [2.75, 3.05) is 0 Å². The molecule has 0 aliphatic rings. The normalized spacial score (nSPS) is 9.62. The van der Waals surface area contributed by atoms with Gasteiger partial charge in [0.1, 0.15) is 6.29 Å². The molecule has 68 valence electrons. The lowest BCUT2D eigenvalue weighted by Crippen LogP contribution is -2.00. The van der Waals surface area contributed by atoms with E-state index in [2.05, 4.69) is 0 Å². The second-order valence-corrected chi connectivity index (χ2v) is 2.56. The van der Waals surface area contributed by atoms with E-state index >= 15 is 0 Å². The quantitative estimate of drug-likeness (QED) is 0.382. The fourth-order valence-electron chi connectivity index (χ4n) is 0.975. The third-order valence-corrected chi connectivity index (χ3v) is 1.63. The summed E-state index contributed by atoms with van der Waals surface area (Å²) in [7, 11) is 0. The Morgan fingerprint density at radius 1 is 1.46 bits per heavy atom. The number of nitro groups is 1. The standard InChI is InChI=1S/C8H7NO4/c1-5-2-7(9(12)13)3-6(4-10)8(5)11/h2-4,11H,1H3/p-1. The molecule has 0 saturated carbocycles. The molecule has 0 bridgehead atoms. The van der Waals surface area contributed by atoms with Crippen molar-refractivity contribution in [3.63, 3.8) is 0 Å². The second kappa shape index (κ2) is 3.22. The van der Waals surface area contributed by atoms with Crippen LogP contribution >= 0.6 is 0 Å². The van der Waals surface area contributed by atoms with Gasteiger partial charge in [-0.25, -0.2) is 0 Å². The van der Waals surface area contributed by atoms with Crippen LogP contribution in [0.25, 0.3) is 0 Å². The highest BCUT2D eigenvalue weighted by Crippen LogP contribution is 2.23. The van der Waals surface area contributed by atoms with Gasteiger partial charge in [-0.05, 0) is 6.92 Å². The molecule has 0 saturated heterocycles. The van der Waals surface area contributed by atoms with Crippen molar-refractivity contribution in [2.24, 2.45) is 0 Å². The van der Waals surface area contributed by atoms with E-state index in [1.165, 1.54) is 6.92 Å². The van der Waals surface area contributed by atoms with Gasteiger partial charge in [0.05, 0.1) is 4.92 Å². The van der Waals surface area contributed by atoms with Gasteiger partial charge in [0.25, 0.3) is 5.69 Å². The molecule has 0 heterocycles. The van der Waals surface area contributed by atoms with E-state index in [1.54, 1.807) is 0 Å². The third kappa shape index (κ3) is 1.64. The lowest BCUT2D eigenvalue weighted by atomic mass is 10.1. The van der Waals surface area contributed by atoms with Gasteiger partial charge in [0.15, 0.2) is 0 Å². The van der Waals surface area contributed by atoms with Crippen molar-refractivity contribution in [3.8, 4) is 5.75 Å². The van der Waals surface area contributed by atoms with Crippen molar-refractivity contribution >= 4 is 12.0 Å². The van der Waals surface area contributed by atoms with E-state index in [9.17, 15) is 20.0 Å². The number of carbonyl (C=O) groups excluding carboxylic acids is 1. The van der Waals surface area contributed by atoms with Crippen molar-refractivity contribution < 1.29 is 14.8 Å². The molecule has 0 amide bonds. The Morgan fingerprint density at radius 3 is 2.54 bits per heavy atom. The average molecular weight is 180 g/mol. The predicted octanol–water partition coefficient (Wildman–Crippen LogP) is 0.789. The summed E-state index contributed by atoms with van der Waals surface area (Å²) in [6.45, 7) is 1.43. The highest BCUT2D eigenvalue weighted by Gasteiger charge is 2.08. The monoisotopic (exact) mass is 180 g/mol. The number of nitro benzene ring substituents is 1. The van der Waals surface area contributed by atoms with Gasteiger partial charge in [-0.1, -0.05) is 11.3 Å². The topological polar surface area (TPSA) is 83.3 Å². The van der Waals surface area contributed by atoms with Crippen LogP contribution in [0.3, 0.4) is 0 Å². The second-order valence-electron chi connectivity index (χ2n) is 2.56. The highest BCUT2D eigenvalue weighted by molar-refractivity contribution is 5.81. The summed E-state index contributed by atoms with van der Waals surface area (Å²) in [5, 5.41) is 21.4. The van der Waals surface area contributed by atoms with Crippen LogP contribution < -0.4 is 5.11 Å². The first-order valence-corrected chi connectivity index (χ1v) is 3.47. The Morgan fingerprint density at radius 2 is 2.08 bits per heavy atom. The molecular formula is C8H6NO4-. The molecule has 0 fully saturated rings. The first-order chi connectivity index (χ1) is 6.06. The number of hydrogen-bond acceptors (Lipinski definition) is 4. The lowest BCUT2D eigenvalue weighted by molar-refractivity contribution is -0.385. The summed E-state index contributed by atoms with van der Waals surface area (Å²) in [4.78, 5) is 20.0. The Kier molecular flexibility index (Phi) is 2.27. The van der Waals surface area contributed by atoms with E-state index in [-0.39, 0.29) is 16.8 Å². The maximum atomic E-state index is 11.1. The summed E-state index contributed by atoms with van der Waals surface area (Å²) in [5.74, 6) is -0.458. The Balaban J connectivity index is 3.38. The van der Waals surface area contributed by atoms with Gasteiger partial charge >= 0.3 is 0 Å².